The zero-order chi connectivity index (χ0) is 19.6. The molecule has 1 unspecified atom stereocenters. The van der Waals surface area contributed by atoms with Crippen molar-refractivity contribution in [1.82, 2.24) is 4.90 Å². The molecule has 4 nitrogen and oxygen atoms in total. The van der Waals surface area contributed by atoms with Crippen molar-refractivity contribution in [3.63, 3.8) is 0 Å². The molecule has 28 heavy (non-hydrogen) atoms. The maximum Gasteiger partial charge on any atom is 0.206 e. The molecule has 0 spiro atoms. The number of benzene rings is 2. The second kappa shape index (κ2) is 8.16. The number of ether oxygens (including phenoxy) is 2. The van der Waals surface area contributed by atoms with Gasteiger partial charge in [-0.25, -0.2) is 0 Å². The van der Waals surface area contributed by atoms with Gasteiger partial charge < -0.3 is 14.4 Å². The maximum atomic E-state index is 13.1. The first-order valence-corrected chi connectivity index (χ1v) is 10.2. The Kier molecular flexibility index (Phi) is 5.63. The zero-order valence-corrected chi connectivity index (χ0v) is 16.8. The number of nitrogens with zero attached hydrogens (tertiary/aromatic N) is 1. The van der Waals surface area contributed by atoms with Crippen LogP contribution in [0.4, 0.5) is 0 Å². The Morgan fingerprint density at radius 3 is 2.29 bits per heavy atom. The summed E-state index contributed by atoms with van der Waals surface area (Å²) in [5.74, 6) is -0.463. The standard InChI is InChI=1S/C24H29NO3/c1-27-24(28-2)21-11-7-6-10-20(21)23(26)22(24)17-25-14-12-19(13-15-25)16-18-8-4-3-5-9-18/h3-11,19,22H,12-17H2,1-2H3. The monoisotopic (exact) mass is 379 g/mol. The van der Waals surface area contributed by atoms with Crippen LogP contribution in [-0.2, 0) is 21.7 Å². The Labute approximate surface area is 167 Å². The predicted molar refractivity (Wildman–Crippen MR) is 109 cm³/mol. The minimum absolute atomic E-state index is 0.130. The average molecular weight is 380 g/mol. The second-order valence-corrected chi connectivity index (χ2v) is 7.97. The van der Waals surface area contributed by atoms with Crippen LogP contribution >= 0.6 is 0 Å². The first kappa shape index (κ1) is 19.3. The van der Waals surface area contributed by atoms with Crippen LogP contribution in [0.1, 0.15) is 34.3 Å². The molecular formula is C24H29NO3. The Morgan fingerprint density at radius 2 is 1.61 bits per heavy atom. The first-order chi connectivity index (χ1) is 13.7. The number of likely N-dealkylation sites (tertiary alicyclic amines) is 1. The molecule has 2 aromatic rings. The topological polar surface area (TPSA) is 38.8 Å². The van der Waals surface area contributed by atoms with Gasteiger partial charge in [0.2, 0.25) is 5.79 Å². The van der Waals surface area contributed by atoms with Crippen LogP contribution in [-0.4, -0.2) is 44.5 Å². The Morgan fingerprint density at radius 1 is 0.964 bits per heavy atom. The van der Waals surface area contributed by atoms with Gasteiger partial charge in [-0.2, -0.15) is 0 Å². The summed E-state index contributed by atoms with van der Waals surface area (Å²) >= 11 is 0. The van der Waals surface area contributed by atoms with E-state index in [4.69, 9.17) is 9.47 Å². The largest absolute Gasteiger partial charge is 0.349 e. The smallest absolute Gasteiger partial charge is 0.206 e. The van der Waals surface area contributed by atoms with Crippen LogP contribution in [0.3, 0.4) is 0 Å². The van der Waals surface area contributed by atoms with Crippen molar-refractivity contribution in [3.8, 4) is 0 Å². The number of ketones is 1. The maximum absolute atomic E-state index is 13.1. The third-order valence-corrected chi connectivity index (χ3v) is 6.46. The van der Waals surface area contributed by atoms with Gasteiger partial charge in [0.15, 0.2) is 5.78 Å². The number of fused-ring (bicyclic) bond motifs is 1. The molecule has 1 saturated heterocycles. The highest BCUT2D eigenvalue weighted by atomic mass is 16.7. The van der Waals surface area contributed by atoms with Crippen LogP contribution in [0.25, 0.3) is 0 Å². The molecule has 1 heterocycles. The summed E-state index contributed by atoms with van der Waals surface area (Å²) in [6.45, 7) is 2.70. The lowest BCUT2D eigenvalue weighted by atomic mass is 9.89. The summed E-state index contributed by atoms with van der Waals surface area (Å²) in [5, 5.41) is 0. The van der Waals surface area contributed by atoms with E-state index < -0.39 is 5.79 Å². The quantitative estimate of drug-likeness (QED) is 0.714. The lowest BCUT2D eigenvalue weighted by molar-refractivity contribution is -0.237. The highest BCUT2D eigenvalue weighted by Gasteiger charge is 2.53. The lowest BCUT2D eigenvalue weighted by Gasteiger charge is -2.38. The number of rotatable bonds is 6. The van der Waals surface area contributed by atoms with Crippen LogP contribution in [0.15, 0.2) is 54.6 Å². The van der Waals surface area contributed by atoms with Gasteiger partial charge in [-0.1, -0.05) is 54.6 Å². The molecule has 1 fully saturated rings. The van der Waals surface area contributed by atoms with Gasteiger partial charge >= 0.3 is 0 Å². The van der Waals surface area contributed by atoms with E-state index in [1.807, 2.05) is 24.3 Å². The fraction of sp³-hybridized carbons (Fsp3) is 0.458. The predicted octanol–water partition coefficient (Wildman–Crippen LogP) is 3.90. The molecule has 1 atom stereocenters. The number of carbonyl (C=O) groups excluding carboxylic acids is 1. The first-order valence-electron chi connectivity index (χ1n) is 10.2. The molecule has 2 aliphatic rings. The van der Waals surface area contributed by atoms with E-state index in [9.17, 15) is 4.79 Å². The number of hydrogen-bond donors (Lipinski definition) is 0. The molecule has 0 radical (unpaired) electrons. The van der Waals surface area contributed by atoms with E-state index in [1.54, 1.807) is 14.2 Å². The van der Waals surface area contributed by atoms with E-state index in [0.717, 1.165) is 43.5 Å². The van der Waals surface area contributed by atoms with Gasteiger partial charge in [-0.05, 0) is 43.8 Å². The summed E-state index contributed by atoms with van der Waals surface area (Å²) in [6, 6.07) is 18.4. The minimum Gasteiger partial charge on any atom is -0.349 e. The molecule has 2 aromatic carbocycles. The molecule has 0 saturated carbocycles. The molecule has 1 aliphatic carbocycles. The van der Waals surface area contributed by atoms with E-state index in [-0.39, 0.29) is 11.7 Å². The molecular weight excluding hydrogens is 350 g/mol. The van der Waals surface area contributed by atoms with Crippen molar-refractivity contribution in [1.29, 1.82) is 0 Å². The number of piperidine rings is 1. The van der Waals surface area contributed by atoms with Crippen molar-refractivity contribution in [2.45, 2.75) is 25.0 Å². The van der Waals surface area contributed by atoms with E-state index in [1.165, 1.54) is 5.56 Å². The third-order valence-electron chi connectivity index (χ3n) is 6.46. The van der Waals surface area contributed by atoms with Crippen molar-refractivity contribution in [2.75, 3.05) is 33.9 Å². The minimum atomic E-state index is -0.978. The van der Waals surface area contributed by atoms with Gasteiger partial charge in [0.05, 0.1) is 5.92 Å². The molecule has 1 aliphatic heterocycles. The fourth-order valence-electron chi connectivity index (χ4n) is 4.92. The van der Waals surface area contributed by atoms with Gasteiger partial charge in [-0.15, -0.1) is 0 Å². The molecule has 0 bridgehead atoms. The van der Waals surface area contributed by atoms with Gasteiger partial charge in [-0.3, -0.25) is 4.79 Å². The summed E-state index contributed by atoms with van der Waals surface area (Å²) in [5.41, 5.74) is 3.00. The molecule has 148 valence electrons. The Balaban J connectivity index is 1.43. The number of methoxy groups -OCH3 is 2. The summed E-state index contributed by atoms with van der Waals surface area (Å²) in [6.07, 6.45) is 3.47. The van der Waals surface area contributed by atoms with Crippen molar-refractivity contribution >= 4 is 5.78 Å². The highest BCUT2D eigenvalue weighted by Crippen LogP contribution is 2.45. The summed E-state index contributed by atoms with van der Waals surface area (Å²) < 4.78 is 11.7. The van der Waals surface area contributed by atoms with Crippen molar-refractivity contribution in [3.05, 3.63) is 71.3 Å². The fourth-order valence-corrected chi connectivity index (χ4v) is 4.92. The van der Waals surface area contributed by atoms with E-state index >= 15 is 0 Å². The zero-order valence-electron chi connectivity index (χ0n) is 16.8. The lowest BCUT2D eigenvalue weighted by Crippen LogP contribution is -2.46. The van der Waals surface area contributed by atoms with E-state index in [2.05, 4.69) is 35.2 Å². The van der Waals surface area contributed by atoms with Gasteiger partial charge in [0, 0.05) is 31.9 Å². The van der Waals surface area contributed by atoms with Crippen LogP contribution < -0.4 is 0 Å². The third kappa shape index (κ3) is 3.41. The second-order valence-electron chi connectivity index (χ2n) is 7.97. The number of carbonyl (C=O) groups is 1. The van der Waals surface area contributed by atoms with Crippen molar-refractivity contribution < 1.29 is 14.3 Å². The highest BCUT2D eigenvalue weighted by molar-refractivity contribution is 6.03. The molecule has 0 N–H and O–H groups in total. The molecule has 4 rings (SSSR count). The summed E-state index contributed by atoms with van der Waals surface area (Å²) in [4.78, 5) is 15.5. The Bertz CT molecular complexity index is 808. The van der Waals surface area contributed by atoms with Gasteiger partial charge in [0.1, 0.15) is 0 Å². The Hall–Kier alpha value is -2.01. The average Bonchev–Trinajstić information content (AvgIpc) is 2.99. The number of hydrogen-bond acceptors (Lipinski definition) is 4. The van der Waals surface area contributed by atoms with Crippen LogP contribution in [0, 0.1) is 11.8 Å². The summed E-state index contributed by atoms with van der Waals surface area (Å²) in [7, 11) is 3.27. The molecule has 4 heteroatoms. The normalized spacial score (nSPS) is 22.4. The SMILES string of the molecule is COC1(OC)c2ccccc2C(=O)C1CN1CCC(Cc2ccccc2)CC1. The molecule has 0 amide bonds. The van der Waals surface area contributed by atoms with Crippen LogP contribution in [0.5, 0.6) is 0 Å². The van der Waals surface area contributed by atoms with Gasteiger partial charge in [0.25, 0.3) is 0 Å². The number of Topliss-reactive ketones (excluding diaryl/α,β-unsaturated/α-hetero) is 1. The van der Waals surface area contributed by atoms with E-state index in [0.29, 0.717) is 12.5 Å². The molecule has 0 aromatic heterocycles. The van der Waals surface area contributed by atoms with Crippen LogP contribution in [0.2, 0.25) is 0 Å². The van der Waals surface area contributed by atoms with Crippen molar-refractivity contribution in [2.24, 2.45) is 11.8 Å².